The molecule has 0 aliphatic heterocycles. The van der Waals surface area contributed by atoms with Crippen molar-refractivity contribution in [3.8, 4) is 44.5 Å². The Bertz CT molecular complexity index is 6490. The van der Waals surface area contributed by atoms with Gasteiger partial charge in [0, 0.05) is 93.7 Å². The molecule has 98 heavy (non-hydrogen) atoms. The van der Waals surface area contributed by atoms with Crippen LogP contribution in [0.25, 0.3) is 148 Å². The summed E-state index contributed by atoms with van der Waals surface area (Å²) in [5.41, 5.74) is 28.5. The quantitative estimate of drug-likeness (QED) is 0.140. The van der Waals surface area contributed by atoms with E-state index in [9.17, 15) is 0 Å². The van der Waals surface area contributed by atoms with E-state index in [-0.39, 0.29) is 5.92 Å². The molecule has 5 heterocycles. The fourth-order valence-corrected chi connectivity index (χ4v) is 16.4. The van der Waals surface area contributed by atoms with Crippen LogP contribution in [0.1, 0.15) is 29.0 Å². The van der Waals surface area contributed by atoms with Crippen LogP contribution >= 0.6 is 0 Å². The molecular weight excluding hydrogens is 1190 g/mol. The second-order valence-electron chi connectivity index (χ2n) is 26.4. The number of aryl methyl sites for hydroxylation is 2. The van der Waals surface area contributed by atoms with Crippen molar-refractivity contribution in [3.05, 3.63) is 338 Å². The lowest BCUT2D eigenvalue weighted by Gasteiger charge is -2.32. The largest absolute Gasteiger partial charge is 0.454 e. The van der Waals surface area contributed by atoms with Crippen molar-refractivity contribution in [1.82, 2.24) is 9.38 Å². The smallest absolute Gasteiger partial charge is 0.159 e. The predicted molar refractivity (Wildman–Crippen MR) is 411 cm³/mol. The Balaban J connectivity index is 0.809. The molecule has 1 unspecified atom stereocenters. The molecule has 20 rings (SSSR count). The van der Waals surface area contributed by atoms with Crippen molar-refractivity contribution in [2.75, 3.05) is 9.80 Å². The average Bonchev–Trinajstić information content (AvgIpc) is 1.51. The number of anilines is 5. The molecule has 0 bridgehead atoms. The first-order chi connectivity index (χ1) is 48.5. The highest BCUT2D eigenvalue weighted by Crippen LogP contribution is 2.55. The summed E-state index contributed by atoms with van der Waals surface area (Å²) in [5, 5.41) is 11.6. The standard InChI is InChI=1S/C92H62N4O2/c1-56-46-48-62(58-24-7-3-8-25-58)53-79(56)94(77-42-22-38-71-68-34-15-17-44-81(68)97-91(71)77)65-33-19-32-64(52-65)67-36-20-40-73-85-84(61-30-13-6-14-31-61)90-86(83(88(85)93-87(67)73)60-28-11-5-12-29-60)74-41-21-37-70-75-55-66(50-51-76(75)96(90)89(70)74)95(80-54-63(49-47-57(80)2)59-26-9-4-10-27-59)78-43-23-39-72-69-35-16-18-45-82(69)98-92(72)78/h3-51,53-55,64,93H,52H2,1-2H3. The van der Waals surface area contributed by atoms with Crippen molar-refractivity contribution in [2.45, 2.75) is 26.2 Å². The van der Waals surface area contributed by atoms with E-state index in [1.165, 1.54) is 76.9 Å². The number of hydrogen-bond acceptors (Lipinski definition) is 4. The molecule has 1 atom stereocenters. The lowest BCUT2D eigenvalue weighted by molar-refractivity contribution is 0.667. The maximum atomic E-state index is 6.92. The van der Waals surface area contributed by atoms with Crippen LogP contribution in [0.5, 0.6) is 0 Å². The number of nitrogens with zero attached hydrogens (tertiary/aromatic N) is 3. The predicted octanol–water partition coefficient (Wildman–Crippen LogP) is 25.8. The van der Waals surface area contributed by atoms with E-state index in [0.29, 0.717) is 0 Å². The van der Waals surface area contributed by atoms with Gasteiger partial charge in [0.05, 0.1) is 39.0 Å². The molecule has 0 spiro atoms. The molecule has 1 aliphatic carbocycles. The number of nitrogens with one attached hydrogen (secondary N) is 1. The summed E-state index contributed by atoms with van der Waals surface area (Å²) in [7, 11) is 0. The van der Waals surface area contributed by atoms with E-state index >= 15 is 0 Å². The molecule has 462 valence electrons. The molecule has 0 fully saturated rings. The normalized spacial score (nSPS) is 13.5. The van der Waals surface area contributed by atoms with E-state index in [1.54, 1.807) is 0 Å². The van der Waals surface area contributed by atoms with Crippen LogP contribution in [-0.2, 0) is 0 Å². The SMILES string of the molecule is Cc1ccc(-c2ccccc2)cc1N(C1=CC=CC(c2cccc3c2[nH]c2c(-c4ccccc4)c4c5cccc6c7cc(N(c8cc(-c9ccccc9)ccc8C)c8cccc9c8oc8ccccc89)ccc7n(c4c(-c4ccccc4)c23)c65)C1)c1cccc2c1oc1ccccc12. The molecule has 0 saturated carbocycles. The van der Waals surface area contributed by atoms with Gasteiger partial charge in [-0.15, -0.1) is 0 Å². The molecule has 19 aromatic rings. The van der Waals surface area contributed by atoms with E-state index in [2.05, 4.69) is 349 Å². The van der Waals surface area contributed by atoms with E-state index in [1.807, 2.05) is 0 Å². The fourth-order valence-electron chi connectivity index (χ4n) is 16.4. The highest BCUT2D eigenvalue weighted by Gasteiger charge is 2.32. The minimum Gasteiger partial charge on any atom is -0.454 e. The van der Waals surface area contributed by atoms with Crippen LogP contribution in [0.3, 0.4) is 0 Å². The third-order valence-corrected chi connectivity index (χ3v) is 20.8. The maximum Gasteiger partial charge on any atom is 0.159 e. The Morgan fingerprint density at radius 2 is 0.878 bits per heavy atom. The molecular formula is C92H62N4O2. The minimum atomic E-state index is -0.000111. The first kappa shape index (κ1) is 55.8. The topological polar surface area (TPSA) is 53.0 Å². The number of rotatable bonds is 11. The highest BCUT2D eigenvalue weighted by molar-refractivity contribution is 6.36. The molecule has 0 saturated heterocycles. The van der Waals surface area contributed by atoms with E-state index < -0.39 is 0 Å². The summed E-state index contributed by atoms with van der Waals surface area (Å²) in [6, 6.07) is 108. The van der Waals surface area contributed by atoms with Crippen molar-refractivity contribution in [3.63, 3.8) is 0 Å². The van der Waals surface area contributed by atoms with Crippen molar-refractivity contribution < 1.29 is 8.83 Å². The zero-order chi connectivity index (χ0) is 64.7. The lowest BCUT2D eigenvalue weighted by atomic mass is 9.87. The van der Waals surface area contributed by atoms with E-state index in [4.69, 9.17) is 8.83 Å². The van der Waals surface area contributed by atoms with Gasteiger partial charge in [-0.1, -0.05) is 255 Å². The number of benzene rings is 14. The van der Waals surface area contributed by atoms with Gasteiger partial charge >= 0.3 is 0 Å². The number of hydrogen-bond donors (Lipinski definition) is 1. The molecule has 1 aliphatic rings. The van der Waals surface area contributed by atoms with Gasteiger partial charge in [-0.25, -0.2) is 0 Å². The highest BCUT2D eigenvalue weighted by atomic mass is 16.3. The van der Waals surface area contributed by atoms with Crippen LogP contribution in [0, 0.1) is 13.8 Å². The fraction of sp³-hybridized carbons (Fsp3) is 0.0435. The number of para-hydroxylation sites is 6. The van der Waals surface area contributed by atoms with Gasteiger partial charge in [0.1, 0.15) is 11.2 Å². The van der Waals surface area contributed by atoms with Crippen LogP contribution in [0.2, 0.25) is 0 Å². The van der Waals surface area contributed by atoms with Gasteiger partial charge < -0.3 is 28.0 Å². The average molecular weight is 1260 g/mol. The first-order valence-electron chi connectivity index (χ1n) is 33.9. The number of furan rings is 2. The van der Waals surface area contributed by atoms with Gasteiger partial charge in [-0.05, 0) is 131 Å². The van der Waals surface area contributed by atoms with E-state index in [0.717, 1.165) is 129 Å². The van der Waals surface area contributed by atoms with Crippen molar-refractivity contribution >= 4 is 132 Å². The third-order valence-electron chi connectivity index (χ3n) is 20.8. The number of H-pyrrole nitrogens is 1. The molecule has 6 heteroatoms. The summed E-state index contributed by atoms with van der Waals surface area (Å²) >= 11 is 0. The third kappa shape index (κ3) is 8.47. The van der Waals surface area contributed by atoms with Crippen molar-refractivity contribution in [1.29, 1.82) is 0 Å². The molecule has 1 N–H and O–H groups in total. The first-order valence-corrected chi connectivity index (χ1v) is 33.9. The Morgan fingerprint density at radius 1 is 0.367 bits per heavy atom. The van der Waals surface area contributed by atoms with Gasteiger partial charge in [0.2, 0.25) is 0 Å². The summed E-state index contributed by atoms with van der Waals surface area (Å²) in [6.07, 6.45) is 7.73. The lowest BCUT2D eigenvalue weighted by Crippen LogP contribution is -2.21. The maximum absolute atomic E-state index is 6.92. The zero-order valence-corrected chi connectivity index (χ0v) is 54.0. The molecule has 14 aromatic carbocycles. The van der Waals surface area contributed by atoms with Gasteiger partial charge in [0.15, 0.2) is 11.2 Å². The Kier molecular flexibility index (Phi) is 12.5. The number of aromatic nitrogens is 2. The van der Waals surface area contributed by atoms with Gasteiger partial charge in [-0.3, -0.25) is 0 Å². The number of aromatic amines is 1. The van der Waals surface area contributed by atoms with Crippen molar-refractivity contribution in [2.24, 2.45) is 0 Å². The van der Waals surface area contributed by atoms with Crippen LogP contribution in [-0.4, -0.2) is 9.38 Å². The van der Waals surface area contributed by atoms with Gasteiger partial charge in [0.25, 0.3) is 0 Å². The second-order valence-corrected chi connectivity index (χ2v) is 26.4. The minimum absolute atomic E-state index is 0.000111. The number of fused-ring (bicyclic) bond motifs is 15. The Morgan fingerprint density at radius 3 is 1.51 bits per heavy atom. The summed E-state index contributed by atoms with van der Waals surface area (Å²) in [5.74, 6) is -0.000111. The Hall–Kier alpha value is -12.6. The molecule has 5 aromatic heterocycles. The molecule has 0 radical (unpaired) electrons. The summed E-state index contributed by atoms with van der Waals surface area (Å²) in [6.45, 7) is 4.45. The van der Waals surface area contributed by atoms with Crippen LogP contribution < -0.4 is 9.80 Å². The summed E-state index contributed by atoms with van der Waals surface area (Å²) < 4.78 is 16.4. The van der Waals surface area contributed by atoms with Gasteiger partial charge in [-0.2, -0.15) is 0 Å². The Labute approximate surface area is 565 Å². The molecule has 0 amide bonds. The summed E-state index contributed by atoms with van der Waals surface area (Å²) in [4.78, 5) is 9.21. The van der Waals surface area contributed by atoms with Crippen LogP contribution in [0.4, 0.5) is 28.4 Å². The second kappa shape index (κ2) is 22.0. The number of allylic oxidation sites excluding steroid dienone is 4. The monoisotopic (exact) mass is 1250 g/mol. The zero-order valence-electron chi connectivity index (χ0n) is 54.0. The van der Waals surface area contributed by atoms with Crippen LogP contribution in [0.15, 0.2) is 330 Å². The molecule has 6 nitrogen and oxygen atoms in total.